The van der Waals surface area contributed by atoms with Crippen molar-refractivity contribution in [1.29, 1.82) is 0 Å². The summed E-state index contributed by atoms with van der Waals surface area (Å²) in [6.45, 7) is 5.92. The van der Waals surface area contributed by atoms with Crippen molar-refractivity contribution in [3.8, 4) is 0 Å². The molecule has 72 valence electrons. The highest BCUT2D eigenvalue weighted by Crippen LogP contribution is 2.09. The molecular weight excluding hydrogens is 160 g/mol. The van der Waals surface area contributed by atoms with Gasteiger partial charge in [0.05, 0.1) is 0 Å². The van der Waals surface area contributed by atoms with E-state index in [1.165, 1.54) is 11.3 Å². The molecule has 0 saturated heterocycles. The van der Waals surface area contributed by atoms with Crippen LogP contribution >= 0.6 is 0 Å². The van der Waals surface area contributed by atoms with E-state index in [0.29, 0.717) is 5.92 Å². The fourth-order valence-electron chi connectivity index (χ4n) is 1.13. The first-order chi connectivity index (χ1) is 6.22. The van der Waals surface area contributed by atoms with Gasteiger partial charge in [0, 0.05) is 12.2 Å². The summed E-state index contributed by atoms with van der Waals surface area (Å²) in [5, 5.41) is 3.36. The van der Waals surface area contributed by atoms with Gasteiger partial charge >= 0.3 is 0 Å². The number of nitrogens with one attached hydrogen (secondary N) is 1. The highest BCUT2D eigenvalue weighted by Gasteiger charge is 1.98. The normalized spacial score (nSPS) is 12.5. The zero-order valence-corrected chi connectivity index (χ0v) is 8.38. The van der Waals surface area contributed by atoms with Crippen molar-refractivity contribution in [3.05, 3.63) is 29.8 Å². The van der Waals surface area contributed by atoms with E-state index in [4.69, 9.17) is 5.73 Å². The molecule has 0 saturated carbocycles. The van der Waals surface area contributed by atoms with E-state index in [2.05, 4.69) is 43.4 Å². The number of aryl methyl sites for hydroxylation is 1. The molecule has 3 N–H and O–H groups in total. The quantitative estimate of drug-likeness (QED) is 0.740. The van der Waals surface area contributed by atoms with Gasteiger partial charge in [-0.3, -0.25) is 0 Å². The number of nitrogens with two attached hydrogens (primary N) is 1. The first-order valence-electron chi connectivity index (χ1n) is 4.73. The molecule has 0 heterocycles. The molecular formula is C11H18N2. The topological polar surface area (TPSA) is 38.0 Å². The molecule has 1 unspecified atom stereocenters. The van der Waals surface area contributed by atoms with Gasteiger partial charge in [-0.05, 0) is 37.1 Å². The Morgan fingerprint density at radius 3 is 2.85 bits per heavy atom. The Kier molecular flexibility index (Phi) is 3.77. The molecule has 0 aliphatic carbocycles. The van der Waals surface area contributed by atoms with Crippen molar-refractivity contribution in [2.45, 2.75) is 13.8 Å². The standard InChI is InChI=1S/C11H18N2/c1-9-4-3-5-11(6-9)13-8-10(2)7-12/h3-6,10,13H,7-8,12H2,1-2H3. The van der Waals surface area contributed by atoms with Crippen LogP contribution in [-0.4, -0.2) is 13.1 Å². The summed E-state index contributed by atoms with van der Waals surface area (Å²) in [7, 11) is 0. The molecule has 0 radical (unpaired) electrons. The zero-order chi connectivity index (χ0) is 9.68. The molecule has 0 amide bonds. The first-order valence-corrected chi connectivity index (χ1v) is 4.73. The molecule has 1 rings (SSSR count). The van der Waals surface area contributed by atoms with Gasteiger partial charge in [-0.25, -0.2) is 0 Å². The van der Waals surface area contributed by atoms with E-state index < -0.39 is 0 Å². The van der Waals surface area contributed by atoms with Crippen LogP contribution in [0.5, 0.6) is 0 Å². The zero-order valence-electron chi connectivity index (χ0n) is 8.38. The molecule has 1 aromatic carbocycles. The molecule has 0 aliphatic rings. The Balaban J connectivity index is 2.45. The van der Waals surface area contributed by atoms with Gasteiger partial charge in [0.2, 0.25) is 0 Å². The van der Waals surface area contributed by atoms with E-state index in [0.717, 1.165) is 13.1 Å². The molecule has 0 aliphatic heterocycles. The maximum absolute atomic E-state index is 5.53. The second-order valence-electron chi connectivity index (χ2n) is 3.59. The first kappa shape index (κ1) is 10.1. The fraction of sp³-hybridized carbons (Fsp3) is 0.455. The molecule has 2 heteroatoms. The summed E-state index contributed by atoms with van der Waals surface area (Å²) in [4.78, 5) is 0. The second-order valence-corrected chi connectivity index (χ2v) is 3.59. The van der Waals surface area contributed by atoms with Gasteiger partial charge in [0.15, 0.2) is 0 Å². The van der Waals surface area contributed by atoms with Crippen molar-refractivity contribution >= 4 is 5.69 Å². The number of benzene rings is 1. The van der Waals surface area contributed by atoms with Crippen molar-refractivity contribution in [2.75, 3.05) is 18.4 Å². The third-order valence-corrected chi connectivity index (χ3v) is 2.08. The van der Waals surface area contributed by atoms with Gasteiger partial charge in [0.25, 0.3) is 0 Å². The van der Waals surface area contributed by atoms with E-state index in [9.17, 15) is 0 Å². The second kappa shape index (κ2) is 4.87. The van der Waals surface area contributed by atoms with Crippen LogP contribution < -0.4 is 11.1 Å². The van der Waals surface area contributed by atoms with Crippen LogP contribution in [0.1, 0.15) is 12.5 Å². The lowest BCUT2D eigenvalue weighted by atomic mass is 10.1. The molecule has 0 fully saturated rings. The minimum atomic E-state index is 0.528. The van der Waals surface area contributed by atoms with Crippen LogP contribution in [0.15, 0.2) is 24.3 Å². The third kappa shape index (κ3) is 3.47. The minimum absolute atomic E-state index is 0.528. The van der Waals surface area contributed by atoms with E-state index in [-0.39, 0.29) is 0 Å². The lowest BCUT2D eigenvalue weighted by Gasteiger charge is -2.11. The van der Waals surface area contributed by atoms with Gasteiger partial charge in [0.1, 0.15) is 0 Å². The summed E-state index contributed by atoms with van der Waals surface area (Å²) in [5.41, 5.74) is 7.99. The van der Waals surface area contributed by atoms with Gasteiger partial charge in [-0.1, -0.05) is 19.1 Å². The average molecular weight is 178 g/mol. The summed E-state index contributed by atoms with van der Waals surface area (Å²) in [6, 6.07) is 8.38. The van der Waals surface area contributed by atoms with Gasteiger partial charge in [-0.2, -0.15) is 0 Å². The van der Waals surface area contributed by atoms with Crippen molar-refractivity contribution in [1.82, 2.24) is 0 Å². The molecule has 2 nitrogen and oxygen atoms in total. The van der Waals surface area contributed by atoms with Crippen LogP contribution in [0.3, 0.4) is 0 Å². The van der Waals surface area contributed by atoms with Crippen molar-refractivity contribution < 1.29 is 0 Å². The lowest BCUT2D eigenvalue weighted by Crippen LogP contribution is -2.19. The van der Waals surface area contributed by atoms with E-state index in [1.807, 2.05) is 0 Å². The monoisotopic (exact) mass is 178 g/mol. The van der Waals surface area contributed by atoms with E-state index in [1.54, 1.807) is 0 Å². The Hall–Kier alpha value is -1.02. The maximum Gasteiger partial charge on any atom is 0.0342 e. The van der Waals surface area contributed by atoms with E-state index >= 15 is 0 Å². The average Bonchev–Trinajstić information content (AvgIpc) is 2.14. The summed E-state index contributed by atoms with van der Waals surface area (Å²) < 4.78 is 0. The Morgan fingerprint density at radius 1 is 1.46 bits per heavy atom. The minimum Gasteiger partial charge on any atom is -0.385 e. The van der Waals surface area contributed by atoms with Crippen LogP contribution in [0.2, 0.25) is 0 Å². The molecule has 1 atom stereocenters. The van der Waals surface area contributed by atoms with Crippen molar-refractivity contribution in [2.24, 2.45) is 11.7 Å². The van der Waals surface area contributed by atoms with Gasteiger partial charge in [-0.15, -0.1) is 0 Å². The number of hydrogen-bond acceptors (Lipinski definition) is 2. The number of anilines is 1. The Labute approximate surface area is 80.1 Å². The van der Waals surface area contributed by atoms with Crippen LogP contribution in [0.25, 0.3) is 0 Å². The maximum atomic E-state index is 5.53. The lowest BCUT2D eigenvalue weighted by molar-refractivity contribution is 0.628. The number of rotatable bonds is 4. The summed E-state index contributed by atoms with van der Waals surface area (Å²) >= 11 is 0. The SMILES string of the molecule is Cc1cccc(NCC(C)CN)c1. The number of hydrogen-bond donors (Lipinski definition) is 2. The Bertz CT molecular complexity index is 258. The molecule has 0 aromatic heterocycles. The highest BCUT2D eigenvalue weighted by atomic mass is 14.9. The van der Waals surface area contributed by atoms with Crippen molar-refractivity contribution in [3.63, 3.8) is 0 Å². The third-order valence-electron chi connectivity index (χ3n) is 2.08. The smallest absolute Gasteiger partial charge is 0.0342 e. The van der Waals surface area contributed by atoms with Crippen LogP contribution in [0.4, 0.5) is 5.69 Å². The summed E-state index contributed by atoms with van der Waals surface area (Å²) in [5.74, 6) is 0.528. The van der Waals surface area contributed by atoms with Gasteiger partial charge < -0.3 is 11.1 Å². The molecule has 13 heavy (non-hydrogen) atoms. The molecule has 0 spiro atoms. The van der Waals surface area contributed by atoms with Crippen LogP contribution in [0, 0.1) is 12.8 Å². The Morgan fingerprint density at radius 2 is 2.23 bits per heavy atom. The fourth-order valence-corrected chi connectivity index (χ4v) is 1.13. The largest absolute Gasteiger partial charge is 0.385 e. The molecule has 1 aromatic rings. The molecule has 0 bridgehead atoms. The predicted octanol–water partition coefficient (Wildman–Crippen LogP) is 2.00. The summed E-state index contributed by atoms with van der Waals surface area (Å²) in [6.07, 6.45) is 0. The highest BCUT2D eigenvalue weighted by molar-refractivity contribution is 5.45. The predicted molar refractivity (Wildman–Crippen MR) is 57.9 cm³/mol. The van der Waals surface area contributed by atoms with Crippen LogP contribution in [-0.2, 0) is 0 Å².